The molecular weight excluding hydrogens is 241 g/mol. The molecule has 0 bridgehead atoms. The van der Waals surface area contributed by atoms with Crippen LogP contribution in [0.5, 0.6) is 5.75 Å². The number of nitrogens with two attached hydrogens (primary N) is 1. The lowest BCUT2D eigenvalue weighted by molar-refractivity contribution is 0.125. The fraction of sp³-hybridized carbons (Fsp3) is 0.625. The summed E-state index contributed by atoms with van der Waals surface area (Å²) in [5, 5.41) is 0. The van der Waals surface area contributed by atoms with Gasteiger partial charge in [-0.15, -0.1) is 0 Å². The van der Waals surface area contributed by atoms with E-state index in [0.29, 0.717) is 5.75 Å². The van der Waals surface area contributed by atoms with E-state index >= 15 is 0 Å². The summed E-state index contributed by atoms with van der Waals surface area (Å²) in [6, 6.07) is 4.89. The highest BCUT2D eigenvalue weighted by Crippen LogP contribution is 2.30. The third-order valence-electron chi connectivity index (χ3n) is 4.15. The van der Waals surface area contributed by atoms with E-state index in [0.717, 1.165) is 24.3 Å². The first-order valence-electron chi connectivity index (χ1n) is 7.31. The SMILES string of the molecule is CCC1CCC(Oc2ccc([C@H](C)N)cc2F)CC1. The molecule has 0 heterocycles. The maximum absolute atomic E-state index is 13.9. The van der Waals surface area contributed by atoms with Crippen LogP contribution in [-0.4, -0.2) is 6.10 Å². The van der Waals surface area contributed by atoms with E-state index in [1.807, 2.05) is 13.0 Å². The van der Waals surface area contributed by atoms with Crippen molar-refractivity contribution < 1.29 is 9.13 Å². The van der Waals surface area contributed by atoms with Crippen molar-refractivity contribution in [1.29, 1.82) is 0 Å². The van der Waals surface area contributed by atoms with Crippen molar-refractivity contribution in [3.63, 3.8) is 0 Å². The predicted octanol–water partition coefficient (Wildman–Crippen LogP) is 4.19. The fourth-order valence-electron chi connectivity index (χ4n) is 2.73. The summed E-state index contributed by atoms with van der Waals surface area (Å²) in [5.41, 5.74) is 6.55. The summed E-state index contributed by atoms with van der Waals surface area (Å²) in [5.74, 6) is 0.891. The monoisotopic (exact) mass is 265 g/mol. The van der Waals surface area contributed by atoms with Gasteiger partial charge in [-0.05, 0) is 56.2 Å². The van der Waals surface area contributed by atoms with Gasteiger partial charge in [0.1, 0.15) is 0 Å². The summed E-state index contributed by atoms with van der Waals surface area (Å²) in [6.07, 6.45) is 5.87. The number of hydrogen-bond acceptors (Lipinski definition) is 2. The van der Waals surface area contributed by atoms with Crippen molar-refractivity contribution in [3.8, 4) is 5.75 Å². The van der Waals surface area contributed by atoms with E-state index < -0.39 is 0 Å². The maximum Gasteiger partial charge on any atom is 0.165 e. The molecule has 19 heavy (non-hydrogen) atoms. The molecule has 0 spiro atoms. The summed E-state index contributed by atoms with van der Waals surface area (Å²) in [4.78, 5) is 0. The standard InChI is InChI=1S/C16H24FNO/c1-3-12-4-7-14(8-5-12)19-16-9-6-13(11(2)18)10-15(16)17/h6,9-12,14H,3-5,7-8,18H2,1-2H3/t11-,12?,14?/m0/s1. The molecule has 1 aromatic carbocycles. The second-order valence-electron chi connectivity index (χ2n) is 5.65. The normalized spacial score (nSPS) is 25.1. The topological polar surface area (TPSA) is 35.2 Å². The molecule has 3 heteroatoms. The molecule has 0 unspecified atom stereocenters. The molecule has 2 nitrogen and oxygen atoms in total. The summed E-state index contributed by atoms with van der Waals surface area (Å²) < 4.78 is 19.7. The molecule has 0 aromatic heterocycles. The Morgan fingerprint density at radius 1 is 1.32 bits per heavy atom. The minimum atomic E-state index is -0.299. The lowest BCUT2D eigenvalue weighted by Crippen LogP contribution is -2.24. The molecule has 0 amide bonds. The average molecular weight is 265 g/mol. The van der Waals surface area contributed by atoms with Crippen LogP contribution in [0, 0.1) is 11.7 Å². The highest BCUT2D eigenvalue weighted by Gasteiger charge is 2.22. The molecule has 0 saturated heterocycles. The van der Waals surface area contributed by atoms with Crippen LogP contribution in [0.25, 0.3) is 0 Å². The Bertz CT molecular complexity index is 411. The number of ether oxygens (including phenoxy) is 1. The molecule has 2 rings (SSSR count). The van der Waals surface area contributed by atoms with Crippen LogP contribution in [0.4, 0.5) is 4.39 Å². The Morgan fingerprint density at radius 3 is 2.53 bits per heavy atom. The van der Waals surface area contributed by atoms with Gasteiger partial charge in [-0.25, -0.2) is 4.39 Å². The first-order chi connectivity index (χ1) is 9.10. The van der Waals surface area contributed by atoms with Crippen LogP contribution < -0.4 is 10.5 Å². The van der Waals surface area contributed by atoms with Gasteiger partial charge in [0, 0.05) is 6.04 Å². The number of benzene rings is 1. The summed E-state index contributed by atoms with van der Waals surface area (Å²) >= 11 is 0. The average Bonchev–Trinajstić information content (AvgIpc) is 2.41. The zero-order chi connectivity index (χ0) is 13.8. The largest absolute Gasteiger partial charge is 0.487 e. The van der Waals surface area contributed by atoms with Crippen LogP contribution in [-0.2, 0) is 0 Å². The number of rotatable bonds is 4. The minimum absolute atomic E-state index is 0.149. The van der Waals surface area contributed by atoms with Crippen molar-refractivity contribution in [3.05, 3.63) is 29.6 Å². The third-order valence-corrected chi connectivity index (χ3v) is 4.15. The molecule has 1 aliphatic carbocycles. The highest BCUT2D eigenvalue weighted by atomic mass is 19.1. The van der Waals surface area contributed by atoms with E-state index in [-0.39, 0.29) is 18.0 Å². The molecule has 1 atom stereocenters. The summed E-state index contributed by atoms with van der Waals surface area (Å²) in [6.45, 7) is 4.08. The van der Waals surface area contributed by atoms with Gasteiger partial charge in [-0.1, -0.05) is 19.4 Å². The second-order valence-corrected chi connectivity index (χ2v) is 5.65. The zero-order valence-electron chi connectivity index (χ0n) is 11.9. The molecular formula is C16H24FNO. The van der Waals surface area contributed by atoms with Gasteiger partial charge < -0.3 is 10.5 Å². The van der Waals surface area contributed by atoms with Crippen molar-refractivity contribution >= 4 is 0 Å². The van der Waals surface area contributed by atoms with E-state index in [2.05, 4.69) is 6.92 Å². The van der Waals surface area contributed by atoms with Gasteiger partial charge in [0.05, 0.1) is 6.10 Å². The van der Waals surface area contributed by atoms with Gasteiger partial charge in [-0.3, -0.25) is 0 Å². The molecule has 1 aliphatic rings. The molecule has 0 aliphatic heterocycles. The van der Waals surface area contributed by atoms with Crippen LogP contribution in [0.1, 0.15) is 57.6 Å². The first-order valence-corrected chi connectivity index (χ1v) is 7.31. The quantitative estimate of drug-likeness (QED) is 0.885. The highest BCUT2D eigenvalue weighted by molar-refractivity contribution is 5.30. The molecule has 2 N–H and O–H groups in total. The van der Waals surface area contributed by atoms with E-state index in [1.54, 1.807) is 6.07 Å². The lowest BCUT2D eigenvalue weighted by atomic mass is 9.86. The molecule has 0 radical (unpaired) electrons. The van der Waals surface area contributed by atoms with Crippen LogP contribution in [0.2, 0.25) is 0 Å². The fourth-order valence-corrected chi connectivity index (χ4v) is 2.73. The Labute approximate surface area is 115 Å². The second kappa shape index (κ2) is 6.38. The maximum atomic E-state index is 13.9. The van der Waals surface area contributed by atoms with Crippen LogP contribution in [0.3, 0.4) is 0 Å². The van der Waals surface area contributed by atoms with Gasteiger partial charge >= 0.3 is 0 Å². The first kappa shape index (κ1) is 14.3. The Morgan fingerprint density at radius 2 is 2.00 bits per heavy atom. The van der Waals surface area contributed by atoms with E-state index in [1.165, 1.54) is 25.3 Å². The predicted molar refractivity (Wildman–Crippen MR) is 75.7 cm³/mol. The zero-order valence-corrected chi connectivity index (χ0v) is 11.9. The smallest absolute Gasteiger partial charge is 0.165 e. The molecule has 1 aromatic rings. The Balaban J connectivity index is 1.96. The Kier molecular flexibility index (Phi) is 4.81. The van der Waals surface area contributed by atoms with Crippen molar-refractivity contribution in [1.82, 2.24) is 0 Å². The number of halogens is 1. The minimum Gasteiger partial charge on any atom is -0.487 e. The van der Waals surface area contributed by atoms with Gasteiger partial charge in [0.2, 0.25) is 0 Å². The van der Waals surface area contributed by atoms with Crippen LogP contribution in [0.15, 0.2) is 18.2 Å². The van der Waals surface area contributed by atoms with Crippen molar-refractivity contribution in [2.45, 2.75) is 58.1 Å². The number of hydrogen-bond donors (Lipinski definition) is 1. The molecule has 106 valence electrons. The van der Waals surface area contributed by atoms with E-state index in [9.17, 15) is 4.39 Å². The van der Waals surface area contributed by atoms with Gasteiger partial charge in [0.25, 0.3) is 0 Å². The molecule has 1 fully saturated rings. The van der Waals surface area contributed by atoms with E-state index in [4.69, 9.17) is 10.5 Å². The third kappa shape index (κ3) is 3.69. The van der Waals surface area contributed by atoms with Gasteiger partial charge in [0.15, 0.2) is 11.6 Å². The van der Waals surface area contributed by atoms with Crippen molar-refractivity contribution in [2.24, 2.45) is 11.7 Å². The Hall–Kier alpha value is -1.09. The van der Waals surface area contributed by atoms with Crippen LogP contribution >= 0.6 is 0 Å². The van der Waals surface area contributed by atoms with Gasteiger partial charge in [-0.2, -0.15) is 0 Å². The lowest BCUT2D eigenvalue weighted by Gasteiger charge is -2.28. The molecule has 1 saturated carbocycles. The van der Waals surface area contributed by atoms with Crippen molar-refractivity contribution in [2.75, 3.05) is 0 Å². The summed E-state index contributed by atoms with van der Waals surface area (Å²) in [7, 11) is 0.